The normalized spacial score (nSPS) is 15.8. The molecule has 28 heavy (non-hydrogen) atoms. The minimum absolute atomic E-state index is 0.207. The van der Waals surface area contributed by atoms with E-state index in [4.69, 9.17) is 0 Å². The summed E-state index contributed by atoms with van der Waals surface area (Å²) < 4.78 is 1.29. The highest BCUT2D eigenvalue weighted by Crippen LogP contribution is 2.35. The van der Waals surface area contributed by atoms with Crippen LogP contribution in [0.3, 0.4) is 0 Å². The molecule has 2 N–H and O–H groups in total. The van der Waals surface area contributed by atoms with E-state index >= 15 is 0 Å². The smallest absolute Gasteiger partial charge is 0.269 e. The average Bonchev–Trinajstić information content (AvgIpc) is 3.07. The van der Waals surface area contributed by atoms with Crippen molar-refractivity contribution in [1.82, 2.24) is 20.4 Å². The first-order valence-electron chi connectivity index (χ1n) is 9.17. The summed E-state index contributed by atoms with van der Waals surface area (Å²) in [5, 5.41) is 0.635. The van der Waals surface area contributed by atoms with Gasteiger partial charge in [-0.3, -0.25) is 29.8 Å². The van der Waals surface area contributed by atoms with Gasteiger partial charge in [0.05, 0.1) is 11.7 Å². The van der Waals surface area contributed by atoms with Gasteiger partial charge in [-0.1, -0.05) is 25.1 Å². The van der Waals surface area contributed by atoms with Crippen LogP contribution in [0.25, 0.3) is 10.2 Å². The van der Waals surface area contributed by atoms with Gasteiger partial charge in [0.25, 0.3) is 17.4 Å². The Balaban J connectivity index is 1.49. The maximum atomic E-state index is 12.9. The molecule has 4 rings (SSSR count). The van der Waals surface area contributed by atoms with Gasteiger partial charge in [-0.15, -0.1) is 11.3 Å². The van der Waals surface area contributed by atoms with E-state index < -0.39 is 11.8 Å². The molecule has 2 amide bonds. The minimum Gasteiger partial charge on any atom is -0.289 e. The van der Waals surface area contributed by atoms with Crippen molar-refractivity contribution in [3.05, 3.63) is 63.0 Å². The Hall–Kier alpha value is -3.00. The molecule has 0 aliphatic heterocycles. The largest absolute Gasteiger partial charge is 0.289 e. The lowest BCUT2D eigenvalue weighted by Crippen LogP contribution is -2.44. The van der Waals surface area contributed by atoms with E-state index in [1.807, 2.05) is 0 Å². The Morgan fingerprint density at radius 3 is 2.82 bits per heavy atom. The van der Waals surface area contributed by atoms with Crippen LogP contribution in [0.2, 0.25) is 0 Å². The van der Waals surface area contributed by atoms with E-state index in [1.54, 1.807) is 41.7 Å². The fourth-order valence-electron chi connectivity index (χ4n) is 3.46. The Morgan fingerprint density at radius 1 is 1.25 bits per heavy atom. The first kappa shape index (κ1) is 18.4. The maximum Gasteiger partial charge on any atom is 0.269 e. The van der Waals surface area contributed by atoms with Crippen LogP contribution in [-0.2, 0) is 24.2 Å². The predicted octanol–water partition coefficient (Wildman–Crippen LogP) is 2.04. The number of fused-ring (bicyclic) bond motifs is 3. The van der Waals surface area contributed by atoms with Gasteiger partial charge in [-0.25, -0.2) is 4.98 Å². The zero-order valence-electron chi connectivity index (χ0n) is 15.4. The lowest BCUT2D eigenvalue weighted by molar-refractivity contribution is -0.122. The van der Waals surface area contributed by atoms with Crippen LogP contribution in [0.5, 0.6) is 0 Å². The Labute approximate surface area is 165 Å². The number of amides is 2. The second-order valence-corrected chi connectivity index (χ2v) is 8.16. The van der Waals surface area contributed by atoms with Crippen LogP contribution in [0, 0.1) is 5.92 Å². The molecule has 0 bridgehead atoms. The Bertz CT molecular complexity index is 1100. The van der Waals surface area contributed by atoms with Gasteiger partial charge < -0.3 is 0 Å². The first-order chi connectivity index (χ1) is 13.5. The molecule has 2 heterocycles. The fraction of sp³-hybridized carbons (Fsp3) is 0.300. The third kappa shape index (κ3) is 3.55. The summed E-state index contributed by atoms with van der Waals surface area (Å²) in [4.78, 5) is 43.4. The highest BCUT2D eigenvalue weighted by Gasteiger charge is 2.23. The number of hydrogen-bond donors (Lipinski definition) is 2. The predicted molar refractivity (Wildman–Crippen MR) is 107 cm³/mol. The Morgan fingerprint density at radius 2 is 2.04 bits per heavy atom. The zero-order valence-corrected chi connectivity index (χ0v) is 16.2. The van der Waals surface area contributed by atoms with Crippen molar-refractivity contribution >= 4 is 33.4 Å². The van der Waals surface area contributed by atoms with E-state index in [9.17, 15) is 14.4 Å². The van der Waals surface area contributed by atoms with Gasteiger partial charge in [-0.2, -0.15) is 0 Å². The van der Waals surface area contributed by atoms with Gasteiger partial charge in [0.2, 0.25) is 0 Å². The number of benzene rings is 1. The number of aryl methyl sites for hydroxylation is 1. The van der Waals surface area contributed by atoms with Crippen LogP contribution in [-0.4, -0.2) is 21.4 Å². The molecule has 0 radical (unpaired) electrons. The lowest BCUT2D eigenvalue weighted by atomic mass is 9.89. The van der Waals surface area contributed by atoms with Crippen molar-refractivity contribution in [3.8, 4) is 0 Å². The van der Waals surface area contributed by atoms with Crippen molar-refractivity contribution in [2.24, 2.45) is 5.92 Å². The number of nitrogens with one attached hydrogen (secondary N) is 2. The third-order valence-electron chi connectivity index (χ3n) is 4.95. The summed E-state index contributed by atoms with van der Waals surface area (Å²) in [6.07, 6.45) is 4.30. The van der Waals surface area contributed by atoms with E-state index in [1.165, 1.54) is 15.8 Å². The molecule has 0 saturated heterocycles. The summed E-state index contributed by atoms with van der Waals surface area (Å²) in [7, 11) is 0. The number of carbonyl (C=O) groups excluding carboxylic acids is 2. The van der Waals surface area contributed by atoms with Crippen LogP contribution in [0.4, 0.5) is 0 Å². The molecule has 1 unspecified atom stereocenters. The van der Waals surface area contributed by atoms with Gasteiger partial charge in [0, 0.05) is 10.4 Å². The van der Waals surface area contributed by atoms with Crippen LogP contribution in [0.1, 0.15) is 34.1 Å². The lowest BCUT2D eigenvalue weighted by Gasteiger charge is -2.17. The molecular formula is C20H20N4O3S. The molecular weight excluding hydrogens is 376 g/mol. The molecule has 7 nitrogen and oxygen atoms in total. The van der Waals surface area contributed by atoms with Crippen molar-refractivity contribution in [3.63, 3.8) is 0 Å². The molecule has 0 fully saturated rings. The van der Waals surface area contributed by atoms with E-state index in [0.717, 1.165) is 29.7 Å². The van der Waals surface area contributed by atoms with Crippen molar-refractivity contribution < 1.29 is 9.59 Å². The molecule has 0 saturated carbocycles. The van der Waals surface area contributed by atoms with Gasteiger partial charge >= 0.3 is 0 Å². The van der Waals surface area contributed by atoms with Crippen LogP contribution >= 0.6 is 11.3 Å². The molecule has 1 aliphatic carbocycles. The SMILES string of the molecule is CC1CCc2c(sc3ncn(CC(=O)NNC(=O)c4ccccc4)c(=O)c23)C1. The fourth-order valence-corrected chi connectivity index (χ4v) is 4.80. The van der Waals surface area contributed by atoms with Crippen molar-refractivity contribution in [1.29, 1.82) is 0 Å². The molecule has 8 heteroatoms. The van der Waals surface area contributed by atoms with Gasteiger partial charge in [0.1, 0.15) is 11.4 Å². The number of hydrogen-bond acceptors (Lipinski definition) is 5. The molecule has 144 valence electrons. The minimum atomic E-state index is -0.495. The first-order valence-corrected chi connectivity index (χ1v) is 9.98. The summed E-state index contributed by atoms with van der Waals surface area (Å²) in [6, 6.07) is 8.56. The highest BCUT2D eigenvalue weighted by molar-refractivity contribution is 7.18. The molecule has 2 aromatic heterocycles. The van der Waals surface area contributed by atoms with Crippen molar-refractivity contribution in [2.75, 3.05) is 0 Å². The topological polar surface area (TPSA) is 93.1 Å². The Kier molecular flexibility index (Phi) is 4.95. The van der Waals surface area contributed by atoms with E-state index in [-0.39, 0.29) is 12.1 Å². The van der Waals surface area contributed by atoms with Crippen molar-refractivity contribution in [2.45, 2.75) is 32.7 Å². The molecule has 1 aliphatic rings. The molecule has 1 aromatic carbocycles. The van der Waals surface area contributed by atoms with Crippen LogP contribution < -0.4 is 16.4 Å². The summed E-state index contributed by atoms with van der Waals surface area (Å²) in [6.45, 7) is 2.00. The zero-order chi connectivity index (χ0) is 19.7. The summed E-state index contributed by atoms with van der Waals surface area (Å²) >= 11 is 1.58. The number of carbonyl (C=O) groups is 2. The summed E-state index contributed by atoms with van der Waals surface area (Å²) in [5.41, 5.74) is 6.01. The second-order valence-electron chi connectivity index (χ2n) is 7.08. The highest BCUT2D eigenvalue weighted by atomic mass is 32.1. The quantitative estimate of drug-likeness (QED) is 0.663. The number of nitrogens with zero attached hydrogens (tertiary/aromatic N) is 2. The number of aromatic nitrogens is 2. The summed E-state index contributed by atoms with van der Waals surface area (Å²) in [5.74, 6) is -0.303. The number of rotatable bonds is 3. The number of thiophene rings is 1. The maximum absolute atomic E-state index is 12.9. The third-order valence-corrected chi connectivity index (χ3v) is 6.11. The van der Waals surface area contributed by atoms with E-state index in [0.29, 0.717) is 16.9 Å². The van der Waals surface area contributed by atoms with Gasteiger partial charge in [0.15, 0.2) is 0 Å². The van der Waals surface area contributed by atoms with Gasteiger partial charge in [-0.05, 0) is 42.9 Å². The molecule has 3 aromatic rings. The standard InChI is InChI=1S/C20H20N4O3S/c1-12-7-8-14-15(9-12)28-19-17(14)20(27)24(11-21-19)10-16(25)22-23-18(26)13-5-3-2-4-6-13/h2-6,11-12H,7-10H2,1H3,(H,22,25)(H,23,26). The molecule has 0 spiro atoms. The molecule has 1 atom stereocenters. The van der Waals surface area contributed by atoms with Crippen LogP contribution in [0.15, 0.2) is 41.5 Å². The monoisotopic (exact) mass is 396 g/mol. The van der Waals surface area contributed by atoms with E-state index in [2.05, 4.69) is 22.8 Å². The average molecular weight is 396 g/mol. The second kappa shape index (κ2) is 7.55. The number of hydrazine groups is 1.